The maximum absolute atomic E-state index is 12.4. The lowest BCUT2D eigenvalue weighted by molar-refractivity contribution is -0.134. The van der Waals surface area contributed by atoms with E-state index in [2.05, 4.69) is 11.0 Å². The summed E-state index contributed by atoms with van der Waals surface area (Å²) in [6.45, 7) is 6.05. The Hall–Kier alpha value is -1.08. The van der Waals surface area contributed by atoms with Crippen LogP contribution in [0.3, 0.4) is 0 Å². The highest BCUT2D eigenvalue weighted by atomic mass is 16.2. The lowest BCUT2D eigenvalue weighted by atomic mass is 9.83. The molecule has 2 rings (SSSR count). The van der Waals surface area contributed by atoms with Crippen LogP contribution in [0.2, 0.25) is 0 Å². The first-order valence-electron chi connectivity index (χ1n) is 7.54. The quantitative estimate of drug-likeness (QED) is 0.765. The minimum Gasteiger partial charge on any atom is -0.340 e. The van der Waals surface area contributed by atoms with Gasteiger partial charge in [-0.2, -0.15) is 5.26 Å². The van der Waals surface area contributed by atoms with Crippen LogP contribution in [0, 0.1) is 16.7 Å². The van der Waals surface area contributed by atoms with Crippen LogP contribution in [0.5, 0.6) is 0 Å². The van der Waals surface area contributed by atoms with E-state index in [-0.39, 0.29) is 11.3 Å². The van der Waals surface area contributed by atoms with Crippen molar-refractivity contribution in [3.8, 4) is 6.07 Å². The Labute approximate surface area is 116 Å². The molecule has 1 amide bonds. The molecular weight excluding hydrogens is 238 g/mol. The Kier molecular flexibility index (Phi) is 4.81. The third-order valence-corrected chi connectivity index (χ3v) is 4.38. The van der Waals surface area contributed by atoms with Gasteiger partial charge in [0, 0.05) is 13.1 Å². The van der Waals surface area contributed by atoms with Gasteiger partial charge in [0.05, 0.1) is 18.0 Å². The fourth-order valence-corrected chi connectivity index (χ4v) is 3.13. The van der Waals surface area contributed by atoms with Crippen molar-refractivity contribution in [2.75, 3.05) is 32.7 Å². The Morgan fingerprint density at radius 2 is 1.84 bits per heavy atom. The van der Waals surface area contributed by atoms with Gasteiger partial charge < -0.3 is 4.90 Å². The summed E-state index contributed by atoms with van der Waals surface area (Å²) >= 11 is 0. The summed E-state index contributed by atoms with van der Waals surface area (Å²) in [5.74, 6) is 0.211. The van der Waals surface area contributed by atoms with Crippen molar-refractivity contribution < 1.29 is 4.79 Å². The second-order valence-corrected chi connectivity index (χ2v) is 6.28. The van der Waals surface area contributed by atoms with Crippen LogP contribution < -0.4 is 0 Å². The number of piperidine rings is 1. The van der Waals surface area contributed by atoms with Crippen molar-refractivity contribution in [2.45, 2.75) is 45.4 Å². The summed E-state index contributed by atoms with van der Waals surface area (Å²) in [4.78, 5) is 16.5. The van der Waals surface area contributed by atoms with Gasteiger partial charge >= 0.3 is 0 Å². The van der Waals surface area contributed by atoms with Gasteiger partial charge in [-0.05, 0) is 45.7 Å². The number of nitrogens with zero attached hydrogens (tertiary/aromatic N) is 3. The lowest BCUT2D eigenvalue weighted by Crippen LogP contribution is -2.48. The van der Waals surface area contributed by atoms with E-state index < -0.39 is 0 Å². The van der Waals surface area contributed by atoms with Crippen LogP contribution in [0.4, 0.5) is 0 Å². The normalized spacial score (nSPS) is 29.6. The molecule has 4 heteroatoms. The standard InChI is InChI=1S/C15H25N3O/c1-15(12-16)7-6-10-18(13-15)14(19)11-17-8-4-2-3-5-9-17/h2-11,13H2,1H3. The van der Waals surface area contributed by atoms with Crippen LogP contribution >= 0.6 is 0 Å². The zero-order valence-corrected chi connectivity index (χ0v) is 12.0. The molecule has 0 aliphatic carbocycles. The van der Waals surface area contributed by atoms with E-state index in [9.17, 15) is 10.1 Å². The van der Waals surface area contributed by atoms with Crippen molar-refractivity contribution in [3.05, 3.63) is 0 Å². The number of hydrogen-bond acceptors (Lipinski definition) is 3. The Morgan fingerprint density at radius 3 is 2.47 bits per heavy atom. The molecule has 0 radical (unpaired) electrons. The number of hydrogen-bond donors (Lipinski definition) is 0. The van der Waals surface area contributed by atoms with E-state index in [1.165, 1.54) is 25.7 Å². The number of carbonyl (C=O) groups excluding carboxylic acids is 1. The fourth-order valence-electron chi connectivity index (χ4n) is 3.13. The number of rotatable bonds is 2. The Balaban J connectivity index is 1.87. The molecule has 0 N–H and O–H groups in total. The maximum atomic E-state index is 12.4. The van der Waals surface area contributed by atoms with Crippen molar-refractivity contribution in [1.82, 2.24) is 9.80 Å². The Bertz CT molecular complexity index is 355. The average molecular weight is 263 g/mol. The van der Waals surface area contributed by atoms with Crippen LogP contribution in [-0.2, 0) is 4.79 Å². The van der Waals surface area contributed by atoms with E-state index in [0.29, 0.717) is 13.1 Å². The average Bonchev–Trinajstić information content (AvgIpc) is 2.67. The summed E-state index contributed by atoms with van der Waals surface area (Å²) < 4.78 is 0. The van der Waals surface area contributed by atoms with Gasteiger partial charge in [0.1, 0.15) is 0 Å². The zero-order chi connectivity index (χ0) is 13.7. The van der Waals surface area contributed by atoms with E-state index in [1.807, 2.05) is 11.8 Å². The highest BCUT2D eigenvalue weighted by molar-refractivity contribution is 5.78. The summed E-state index contributed by atoms with van der Waals surface area (Å²) in [6, 6.07) is 2.37. The minimum absolute atomic E-state index is 0.211. The summed E-state index contributed by atoms with van der Waals surface area (Å²) in [5.41, 5.74) is -0.341. The van der Waals surface area contributed by atoms with Crippen molar-refractivity contribution >= 4 is 5.91 Å². The van der Waals surface area contributed by atoms with Gasteiger partial charge in [0.15, 0.2) is 0 Å². The molecule has 0 spiro atoms. The molecule has 1 atom stereocenters. The van der Waals surface area contributed by atoms with Gasteiger partial charge in [-0.25, -0.2) is 0 Å². The molecule has 0 bridgehead atoms. The highest BCUT2D eigenvalue weighted by Crippen LogP contribution is 2.28. The maximum Gasteiger partial charge on any atom is 0.236 e. The molecule has 2 heterocycles. The molecule has 2 saturated heterocycles. The first kappa shape index (κ1) is 14.3. The molecular formula is C15H25N3O. The summed E-state index contributed by atoms with van der Waals surface area (Å²) in [5, 5.41) is 9.21. The fraction of sp³-hybridized carbons (Fsp3) is 0.867. The molecule has 2 aliphatic heterocycles. The third-order valence-electron chi connectivity index (χ3n) is 4.38. The SMILES string of the molecule is CC1(C#N)CCCN(C(=O)CN2CCCCCC2)C1. The molecule has 19 heavy (non-hydrogen) atoms. The van der Waals surface area contributed by atoms with E-state index in [0.717, 1.165) is 32.5 Å². The second-order valence-electron chi connectivity index (χ2n) is 6.28. The van der Waals surface area contributed by atoms with Gasteiger partial charge in [-0.3, -0.25) is 9.69 Å². The lowest BCUT2D eigenvalue weighted by Gasteiger charge is -2.37. The molecule has 2 fully saturated rings. The number of carbonyl (C=O) groups is 1. The number of nitriles is 1. The van der Waals surface area contributed by atoms with E-state index in [1.54, 1.807) is 0 Å². The third kappa shape index (κ3) is 3.94. The monoisotopic (exact) mass is 263 g/mol. The van der Waals surface area contributed by atoms with Crippen LogP contribution in [-0.4, -0.2) is 48.4 Å². The molecule has 2 aliphatic rings. The second kappa shape index (κ2) is 6.38. The highest BCUT2D eigenvalue weighted by Gasteiger charge is 2.33. The first-order valence-corrected chi connectivity index (χ1v) is 7.54. The van der Waals surface area contributed by atoms with E-state index >= 15 is 0 Å². The molecule has 0 aromatic rings. The van der Waals surface area contributed by atoms with Gasteiger partial charge in [-0.15, -0.1) is 0 Å². The van der Waals surface area contributed by atoms with Crippen LogP contribution in [0.1, 0.15) is 45.4 Å². The topological polar surface area (TPSA) is 47.3 Å². The molecule has 0 aromatic carbocycles. The van der Waals surface area contributed by atoms with Crippen molar-refractivity contribution in [2.24, 2.45) is 5.41 Å². The minimum atomic E-state index is -0.341. The molecule has 106 valence electrons. The summed E-state index contributed by atoms with van der Waals surface area (Å²) in [6.07, 6.45) is 6.88. The Morgan fingerprint density at radius 1 is 1.16 bits per heavy atom. The predicted octanol–water partition coefficient (Wildman–Crippen LogP) is 2.01. The zero-order valence-electron chi connectivity index (χ0n) is 12.0. The summed E-state index contributed by atoms with van der Waals surface area (Å²) in [7, 11) is 0. The molecule has 0 aromatic heterocycles. The van der Waals surface area contributed by atoms with Gasteiger partial charge in [-0.1, -0.05) is 12.8 Å². The van der Waals surface area contributed by atoms with Crippen molar-refractivity contribution in [3.63, 3.8) is 0 Å². The number of likely N-dealkylation sites (tertiary alicyclic amines) is 2. The smallest absolute Gasteiger partial charge is 0.236 e. The molecule has 4 nitrogen and oxygen atoms in total. The van der Waals surface area contributed by atoms with Crippen molar-refractivity contribution in [1.29, 1.82) is 5.26 Å². The van der Waals surface area contributed by atoms with E-state index in [4.69, 9.17) is 0 Å². The predicted molar refractivity (Wildman–Crippen MR) is 74.4 cm³/mol. The van der Waals surface area contributed by atoms with Gasteiger partial charge in [0.2, 0.25) is 5.91 Å². The number of amides is 1. The van der Waals surface area contributed by atoms with Crippen LogP contribution in [0.15, 0.2) is 0 Å². The first-order chi connectivity index (χ1) is 9.13. The van der Waals surface area contributed by atoms with Crippen LogP contribution in [0.25, 0.3) is 0 Å². The molecule has 1 unspecified atom stereocenters. The molecule has 0 saturated carbocycles. The van der Waals surface area contributed by atoms with Gasteiger partial charge in [0.25, 0.3) is 0 Å². The largest absolute Gasteiger partial charge is 0.340 e.